The summed E-state index contributed by atoms with van der Waals surface area (Å²) in [5.41, 5.74) is 0.743. The standard InChI is InChI=1S/C15H16N4O3/c1-11-5-6-12(10-13(11)19(21)22)15(20)18-9-8-17-14-4-2-3-7-16-14/h2-7,10H,8-9H2,1H3,(H,16,17)(H,18,20). The Hall–Kier alpha value is -2.96. The van der Waals surface area contributed by atoms with Gasteiger partial charge in [0.25, 0.3) is 11.6 Å². The first kappa shape index (κ1) is 15.4. The Labute approximate surface area is 127 Å². The van der Waals surface area contributed by atoms with Crippen LogP contribution in [0.5, 0.6) is 0 Å². The van der Waals surface area contributed by atoms with E-state index in [4.69, 9.17) is 0 Å². The molecule has 0 saturated carbocycles. The van der Waals surface area contributed by atoms with E-state index in [0.717, 1.165) is 5.82 Å². The summed E-state index contributed by atoms with van der Waals surface area (Å²) in [6, 6.07) is 9.93. The molecule has 2 N–H and O–H groups in total. The SMILES string of the molecule is Cc1ccc(C(=O)NCCNc2ccccn2)cc1[N+](=O)[O-]. The number of hydrogen-bond donors (Lipinski definition) is 2. The molecule has 1 amide bonds. The summed E-state index contributed by atoms with van der Waals surface area (Å²) < 4.78 is 0. The number of carbonyl (C=O) groups is 1. The minimum Gasteiger partial charge on any atom is -0.368 e. The molecule has 1 aromatic heterocycles. The number of aryl methyl sites for hydroxylation is 1. The molecule has 0 fully saturated rings. The zero-order valence-corrected chi connectivity index (χ0v) is 12.1. The first-order valence-corrected chi connectivity index (χ1v) is 6.76. The van der Waals surface area contributed by atoms with Gasteiger partial charge in [0.05, 0.1) is 4.92 Å². The molecule has 22 heavy (non-hydrogen) atoms. The molecule has 0 unspecified atom stereocenters. The Morgan fingerprint density at radius 2 is 2.09 bits per heavy atom. The maximum absolute atomic E-state index is 12.0. The number of benzene rings is 1. The molecule has 114 valence electrons. The van der Waals surface area contributed by atoms with Crippen molar-refractivity contribution in [1.29, 1.82) is 0 Å². The molecule has 1 heterocycles. The lowest BCUT2D eigenvalue weighted by molar-refractivity contribution is -0.385. The van der Waals surface area contributed by atoms with E-state index in [9.17, 15) is 14.9 Å². The fraction of sp³-hybridized carbons (Fsp3) is 0.200. The number of amides is 1. The number of carbonyl (C=O) groups excluding carboxylic acids is 1. The van der Waals surface area contributed by atoms with Crippen molar-refractivity contribution in [2.75, 3.05) is 18.4 Å². The number of rotatable bonds is 6. The number of nitrogens with zero attached hydrogens (tertiary/aromatic N) is 2. The molecule has 2 aromatic rings. The zero-order chi connectivity index (χ0) is 15.9. The molecular formula is C15H16N4O3. The van der Waals surface area contributed by atoms with Crippen LogP contribution in [0.1, 0.15) is 15.9 Å². The van der Waals surface area contributed by atoms with Crippen LogP contribution in [-0.4, -0.2) is 28.9 Å². The topological polar surface area (TPSA) is 97.2 Å². The van der Waals surface area contributed by atoms with Crippen LogP contribution in [0.2, 0.25) is 0 Å². The number of nitro benzene ring substituents is 1. The summed E-state index contributed by atoms with van der Waals surface area (Å²) in [6.45, 7) is 2.53. The van der Waals surface area contributed by atoms with Gasteiger partial charge in [-0.25, -0.2) is 4.98 Å². The smallest absolute Gasteiger partial charge is 0.273 e. The summed E-state index contributed by atoms with van der Waals surface area (Å²) in [7, 11) is 0. The van der Waals surface area contributed by atoms with Gasteiger partial charge in [0.1, 0.15) is 5.82 Å². The third kappa shape index (κ3) is 4.02. The van der Waals surface area contributed by atoms with Crippen molar-refractivity contribution in [1.82, 2.24) is 10.3 Å². The van der Waals surface area contributed by atoms with Crippen molar-refractivity contribution < 1.29 is 9.72 Å². The third-order valence-electron chi connectivity index (χ3n) is 3.05. The average Bonchev–Trinajstić information content (AvgIpc) is 2.52. The second-order valence-corrected chi connectivity index (χ2v) is 4.66. The van der Waals surface area contributed by atoms with Gasteiger partial charge >= 0.3 is 0 Å². The molecule has 2 rings (SSSR count). The van der Waals surface area contributed by atoms with E-state index in [1.54, 1.807) is 25.3 Å². The normalized spacial score (nSPS) is 10.0. The first-order valence-electron chi connectivity index (χ1n) is 6.76. The van der Waals surface area contributed by atoms with Crippen molar-refractivity contribution in [2.24, 2.45) is 0 Å². The van der Waals surface area contributed by atoms with Crippen molar-refractivity contribution in [3.05, 3.63) is 63.8 Å². The molecule has 0 bridgehead atoms. The second-order valence-electron chi connectivity index (χ2n) is 4.66. The Bertz CT molecular complexity index is 674. The summed E-state index contributed by atoms with van der Waals surface area (Å²) in [5.74, 6) is 0.383. The Kier molecular flexibility index (Phi) is 5.02. The van der Waals surface area contributed by atoms with E-state index in [1.165, 1.54) is 6.07 Å². The number of aromatic nitrogens is 1. The first-order chi connectivity index (χ1) is 10.6. The summed E-state index contributed by atoms with van der Waals surface area (Å²) in [6.07, 6.45) is 1.67. The number of pyridine rings is 1. The molecule has 0 aliphatic heterocycles. The lowest BCUT2D eigenvalue weighted by Crippen LogP contribution is -2.28. The van der Waals surface area contributed by atoms with E-state index in [1.807, 2.05) is 18.2 Å². The number of hydrogen-bond acceptors (Lipinski definition) is 5. The van der Waals surface area contributed by atoms with Crippen LogP contribution in [0, 0.1) is 17.0 Å². The molecule has 7 nitrogen and oxygen atoms in total. The highest BCUT2D eigenvalue weighted by Crippen LogP contribution is 2.19. The fourth-order valence-electron chi connectivity index (χ4n) is 1.88. The summed E-state index contributed by atoms with van der Waals surface area (Å²) >= 11 is 0. The minimum atomic E-state index is -0.491. The van der Waals surface area contributed by atoms with Crippen LogP contribution < -0.4 is 10.6 Å². The molecule has 0 spiro atoms. The van der Waals surface area contributed by atoms with Crippen molar-refractivity contribution in [3.63, 3.8) is 0 Å². The van der Waals surface area contributed by atoms with Crippen LogP contribution in [0.25, 0.3) is 0 Å². The maximum atomic E-state index is 12.0. The van der Waals surface area contributed by atoms with E-state index in [0.29, 0.717) is 18.7 Å². The Morgan fingerprint density at radius 1 is 1.27 bits per heavy atom. The lowest BCUT2D eigenvalue weighted by atomic mass is 10.1. The van der Waals surface area contributed by atoms with Gasteiger partial charge in [-0.1, -0.05) is 12.1 Å². The van der Waals surface area contributed by atoms with E-state index >= 15 is 0 Å². The van der Waals surface area contributed by atoms with Gasteiger partial charge in [0.2, 0.25) is 0 Å². The van der Waals surface area contributed by atoms with Gasteiger partial charge in [-0.05, 0) is 25.1 Å². The van der Waals surface area contributed by atoms with Gasteiger partial charge in [0, 0.05) is 36.5 Å². The summed E-state index contributed by atoms with van der Waals surface area (Å²) in [4.78, 5) is 26.4. The third-order valence-corrected chi connectivity index (χ3v) is 3.05. The van der Waals surface area contributed by atoms with E-state index in [-0.39, 0.29) is 17.2 Å². The summed E-state index contributed by atoms with van der Waals surface area (Å²) in [5, 5.41) is 16.6. The molecule has 1 aromatic carbocycles. The lowest BCUT2D eigenvalue weighted by Gasteiger charge is -2.07. The predicted molar refractivity (Wildman–Crippen MR) is 82.9 cm³/mol. The Morgan fingerprint density at radius 3 is 2.77 bits per heavy atom. The quantitative estimate of drug-likeness (QED) is 0.484. The van der Waals surface area contributed by atoms with Crippen molar-refractivity contribution >= 4 is 17.4 Å². The highest BCUT2D eigenvalue weighted by Gasteiger charge is 2.14. The molecule has 0 saturated heterocycles. The largest absolute Gasteiger partial charge is 0.368 e. The average molecular weight is 300 g/mol. The zero-order valence-electron chi connectivity index (χ0n) is 12.1. The van der Waals surface area contributed by atoms with Crippen molar-refractivity contribution in [3.8, 4) is 0 Å². The van der Waals surface area contributed by atoms with E-state index in [2.05, 4.69) is 15.6 Å². The Balaban J connectivity index is 1.87. The van der Waals surface area contributed by atoms with Crippen LogP contribution in [0.15, 0.2) is 42.6 Å². The monoisotopic (exact) mass is 300 g/mol. The van der Waals surface area contributed by atoms with Crippen LogP contribution in [0.3, 0.4) is 0 Å². The van der Waals surface area contributed by atoms with Gasteiger partial charge in [0.15, 0.2) is 0 Å². The molecule has 0 aliphatic rings. The van der Waals surface area contributed by atoms with Crippen LogP contribution >= 0.6 is 0 Å². The molecule has 7 heteroatoms. The highest BCUT2D eigenvalue weighted by atomic mass is 16.6. The highest BCUT2D eigenvalue weighted by molar-refractivity contribution is 5.95. The number of nitro groups is 1. The van der Waals surface area contributed by atoms with E-state index < -0.39 is 4.92 Å². The van der Waals surface area contributed by atoms with Crippen LogP contribution in [0.4, 0.5) is 11.5 Å². The number of nitrogens with one attached hydrogen (secondary N) is 2. The second kappa shape index (κ2) is 7.16. The molecular weight excluding hydrogens is 284 g/mol. The van der Waals surface area contributed by atoms with Crippen LogP contribution in [-0.2, 0) is 0 Å². The molecule has 0 radical (unpaired) electrons. The van der Waals surface area contributed by atoms with Crippen molar-refractivity contribution in [2.45, 2.75) is 6.92 Å². The van der Waals surface area contributed by atoms with Gasteiger partial charge in [-0.15, -0.1) is 0 Å². The molecule has 0 atom stereocenters. The fourth-order valence-corrected chi connectivity index (χ4v) is 1.88. The van der Waals surface area contributed by atoms with Gasteiger partial charge < -0.3 is 10.6 Å². The van der Waals surface area contributed by atoms with Gasteiger partial charge in [-0.3, -0.25) is 14.9 Å². The molecule has 0 aliphatic carbocycles. The van der Waals surface area contributed by atoms with Gasteiger partial charge in [-0.2, -0.15) is 0 Å². The number of anilines is 1. The maximum Gasteiger partial charge on any atom is 0.273 e. The predicted octanol–water partition coefficient (Wildman–Crippen LogP) is 2.14. The minimum absolute atomic E-state index is 0.0562.